The van der Waals surface area contributed by atoms with E-state index in [1.807, 2.05) is 18.2 Å². The van der Waals surface area contributed by atoms with Crippen LogP contribution in [0.2, 0.25) is 0 Å². The number of benzene rings is 1. The molecule has 1 aromatic heterocycles. The van der Waals surface area contributed by atoms with E-state index < -0.39 is 6.10 Å². The third-order valence-corrected chi connectivity index (χ3v) is 3.47. The van der Waals surface area contributed by atoms with Gasteiger partial charge in [0.15, 0.2) is 0 Å². The van der Waals surface area contributed by atoms with Gasteiger partial charge in [0.1, 0.15) is 0 Å². The Balaban J connectivity index is 1.95. The van der Waals surface area contributed by atoms with Gasteiger partial charge in [-0.2, -0.15) is 5.26 Å². The zero-order chi connectivity index (χ0) is 12.8. The van der Waals surface area contributed by atoms with Crippen molar-refractivity contribution in [3.05, 3.63) is 59.8 Å². The first-order chi connectivity index (χ1) is 8.79. The summed E-state index contributed by atoms with van der Waals surface area (Å²) in [5, 5.41) is 19.6. The van der Waals surface area contributed by atoms with Crippen molar-refractivity contribution in [1.82, 2.24) is 4.98 Å². The number of hydrogen-bond acceptors (Lipinski definition) is 4. The van der Waals surface area contributed by atoms with Gasteiger partial charge in [-0.05, 0) is 29.8 Å². The smallest absolute Gasteiger partial charge is 0.0991 e. The highest BCUT2D eigenvalue weighted by atomic mass is 32.2. The van der Waals surface area contributed by atoms with Crippen LogP contribution in [0.15, 0.2) is 53.7 Å². The molecule has 1 aromatic carbocycles. The van der Waals surface area contributed by atoms with E-state index in [4.69, 9.17) is 5.26 Å². The van der Waals surface area contributed by atoms with E-state index in [-0.39, 0.29) is 0 Å². The molecule has 2 aromatic rings. The lowest BCUT2D eigenvalue weighted by atomic mass is 10.1. The van der Waals surface area contributed by atoms with Crippen molar-refractivity contribution in [2.24, 2.45) is 0 Å². The lowest BCUT2D eigenvalue weighted by molar-refractivity contribution is 0.204. The summed E-state index contributed by atoms with van der Waals surface area (Å²) in [5.74, 6) is 0.545. The number of pyridine rings is 1. The van der Waals surface area contributed by atoms with Crippen LogP contribution < -0.4 is 0 Å². The number of aliphatic hydroxyl groups excluding tert-OH is 1. The Hall–Kier alpha value is -1.83. The molecule has 90 valence electrons. The van der Waals surface area contributed by atoms with Crippen LogP contribution in [-0.4, -0.2) is 15.8 Å². The molecule has 0 bridgehead atoms. The Morgan fingerprint density at radius 1 is 1.22 bits per heavy atom. The third-order valence-electron chi connectivity index (χ3n) is 2.45. The van der Waals surface area contributed by atoms with E-state index in [1.54, 1.807) is 30.5 Å². The molecule has 1 N–H and O–H groups in total. The zero-order valence-corrected chi connectivity index (χ0v) is 10.5. The summed E-state index contributed by atoms with van der Waals surface area (Å²) in [6.45, 7) is 0. The van der Waals surface area contributed by atoms with Crippen molar-refractivity contribution in [3.8, 4) is 6.07 Å². The molecule has 4 heteroatoms. The highest BCUT2D eigenvalue weighted by molar-refractivity contribution is 7.99. The molecule has 0 spiro atoms. The lowest BCUT2D eigenvalue weighted by Crippen LogP contribution is -2.00. The topological polar surface area (TPSA) is 56.9 Å². The van der Waals surface area contributed by atoms with Gasteiger partial charge in [-0.25, -0.2) is 4.98 Å². The maximum Gasteiger partial charge on any atom is 0.0991 e. The SMILES string of the molecule is N#Cc1ccc(C(O)CSc2ccccn2)cc1. The number of aliphatic hydroxyl groups is 1. The number of rotatable bonds is 4. The molecule has 0 saturated heterocycles. The largest absolute Gasteiger partial charge is 0.388 e. The van der Waals surface area contributed by atoms with Crippen LogP contribution in [0.4, 0.5) is 0 Å². The summed E-state index contributed by atoms with van der Waals surface area (Å²) in [6.07, 6.45) is 1.18. The summed E-state index contributed by atoms with van der Waals surface area (Å²) < 4.78 is 0. The average Bonchev–Trinajstić information content (AvgIpc) is 2.46. The first kappa shape index (κ1) is 12.6. The summed E-state index contributed by atoms with van der Waals surface area (Å²) in [5.41, 5.74) is 1.42. The quantitative estimate of drug-likeness (QED) is 0.855. The average molecular weight is 256 g/mol. The van der Waals surface area contributed by atoms with E-state index in [0.717, 1.165) is 10.6 Å². The van der Waals surface area contributed by atoms with Crippen LogP contribution >= 0.6 is 11.8 Å². The molecule has 1 heterocycles. The standard InChI is InChI=1S/C14H12N2OS/c15-9-11-4-6-12(7-5-11)13(17)10-18-14-3-1-2-8-16-14/h1-8,13,17H,10H2. The molecule has 0 radical (unpaired) electrons. The molecule has 1 unspecified atom stereocenters. The summed E-state index contributed by atoms with van der Waals surface area (Å²) in [4.78, 5) is 4.18. The van der Waals surface area contributed by atoms with Crippen molar-refractivity contribution in [1.29, 1.82) is 5.26 Å². The van der Waals surface area contributed by atoms with Crippen LogP contribution in [0, 0.1) is 11.3 Å². The lowest BCUT2D eigenvalue weighted by Gasteiger charge is -2.10. The second kappa shape index (κ2) is 6.20. The fraction of sp³-hybridized carbons (Fsp3) is 0.143. The van der Waals surface area contributed by atoms with E-state index in [2.05, 4.69) is 11.1 Å². The molecule has 3 nitrogen and oxygen atoms in total. The first-order valence-corrected chi connectivity index (χ1v) is 6.50. The van der Waals surface area contributed by atoms with Gasteiger partial charge in [0.25, 0.3) is 0 Å². The second-order valence-electron chi connectivity index (χ2n) is 3.73. The Morgan fingerprint density at radius 3 is 2.61 bits per heavy atom. The van der Waals surface area contributed by atoms with E-state index >= 15 is 0 Å². The predicted molar refractivity (Wildman–Crippen MR) is 71.1 cm³/mol. The van der Waals surface area contributed by atoms with Gasteiger partial charge in [0, 0.05) is 11.9 Å². The van der Waals surface area contributed by atoms with Crippen LogP contribution in [0.3, 0.4) is 0 Å². The molecule has 0 aliphatic heterocycles. The summed E-state index contributed by atoms with van der Waals surface area (Å²) in [6, 6.07) is 14.7. The van der Waals surface area contributed by atoms with Gasteiger partial charge >= 0.3 is 0 Å². The highest BCUT2D eigenvalue weighted by Crippen LogP contribution is 2.23. The van der Waals surface area contributed by atoms with Gasteiger partial charge in [0.2, 0.25) is 0 Å². The van der Waals surface area contributed by atoms with Crippen LogP contribution in [0.25, 0.3) is 0 Å². The van der Waals surface area contributed by atoms with Crippen molar-refractivity contribution < 1.29 is 5.11 Å². The molecule has 1 atom stereocenters. The minimum absolute atomic E-state index is 0.545. The fourth-order valence-corrected chi connectivity index (χ4v) is 2.30. The number of nitriles is 1. The molecular weight excluding hydrogens is 244 g/mol. The molecule has 0 saturated carbocycles. The monoisotopic (exact) mass is 256 g/mol. The fourth-order valence-electron chi connectivity index (χ4n) is 1.47. The Bertz CT molecular complexity index is 534. The van der Waals surface area contributed by atoms with Gasteiger partial charge in [-0.3, -0.25) is 0 Å². The maximum atomic E-state index is 10.0. The summed E-state index contributed by atoms with van der Waals surface area (Å²) >= 11 is 1.51. The van der Waals surface area contributed by atoms with Crippen molar-refractivity contribution in [2.45, 2.75) is 11.1 Å². The first-order valence-electron chi connectivity index (χ1n) is 5.51. The van der Waals surface area contributed by atoms with Gasteiger partial charge in [-0.1, -0.05) is 18.2 Å². The normalized spacial score (nSPS) is 11.8. The Kier molecular flexibility index (Phi) is 4.35. The van der Waals surface area contributed by atoms with E-state index in [9.17, 15) is 5.11 Å². The Morgan fingerprint density at radius 2 is 2.00 bits per heavy atom. The van der Waals surface area contributed by atoms with Crippen molar-refractivity contribution in [2.75, 3.05) is 5.75 Å². The van der Waals surface area contributed by atoms with Crippen LogP contribution in [0.1, 0.15) is 17.2 Å². The summed E-state index contributed by atoms with van der Waals surface area (Å²) in [7, 11) is 0. The molecule has 0 amide bonds. The minimum Gasteiger partial charge on any atom is -0.388 e. The van der Waals surface area contributed by atoms with Gasteiger partial charge < -0.3 is 5.11 Å². The molecule has 0 aliphatic carbocycles. The zero-order valence-electron chi connectivity index (χ0n) is 9.65. The van der Waals surface area contributed by atoms with Crippen LogP contribution in [0.5, 0.6) is 0 Å². The van der Waals surface area contributed by atoms with E-state index in [1.165, 1.54) is 11.8 Å². The van der Waals surface area contributed by atoms with E-state index in [0.29, 0.717) is 11.3 Å². The maximum absolute atomic E-state index is 10.0. The number of aromatic nitrogens is 1. The molecule has 0 fully saturated rings. The molecule has 0 aliphatic rings. The Labute approximate surface area is 110 Å². The number of nitrogens with zero attached hydrogens (tertiary/aromatic N) is 2. The van der Waals surface area contributed by atoms with Gasteiger partial charge in [0.05, 0.1) is 22.8 Å². The molecular formula is C14H12N2OS. The second-order valence-corrected chi connectivity index (χ2v) is 4.77. The number of thioether (sulfide) groups is 1. The minimum atomic E-state index is -0.551. The van der Waals surface area contributed by atoms with Crippen molar-refractivity contribution >= 4 is 11.8 Å². The number of hydrogen-bond donors (Lipinski definition) is 1. The third kappa shape index (κ3) is 3.33. The van der Waals surface area contributed by atoms with Crippen LogP contribution in [-0.2, 0) is 0 Å². The highest BCUT2D eigenvalue weighted by Gasteiger charge is 2.08. The molecule has 2 rings (SSSR count). The van der Waals surface area contributed by atoms with Crippen molar-refractivity contribution in [3.63, 3.8) is 0 Å². The van der Waals surface area contributed by atoms with Gasteiger partial charge in [-0.15, -0.1) is 11.8 Å². The molecule has 18 heavy (non-hydrogen) atoms. The predicted octanol–water partition coefficient (Wildman–Crippen LogP) is 2.78.